The van der Waals surface area contributed by atoms with E-state index in [-0.39, 0.29) is 12.0 Å². The van der Waals surface area contributed by atoms with Crippen molar-refractivity contribution in [2.75, 3.05) is 19.7 Å². The van der Waals surface area contributed by atoms with Gasteiger partial charge in [0.15, 0.2) is 5.82 Å². The molecule has 1 N–H and O–H groups in total. The number of hydrogen-bond donors (Lipinski definition) is 1. The SMILES string of the molecule is Cc1nc([C@@H]2CN(C(=O)c3sc(C)nc3C)CCO2)n[nH]1. The molecule has 0 aliphatic carbocycles. The number of carbonyl (C=O) groups excluding carboxylic acids is 1. The summed E-state index contributed by atoms with van der Waals surface area (Å²) in [4.78, 5) is 23.7. The van der Waals surface area contributed by atoms with Gasteiger partial charge < -0.3 is 9.64 Å². The van der Waals surface area contributed by atoms with Crippen molar-refractivity contribution in [1.29, 1.82) is 0 Å². The second kappa shape index (κ2) is 5.53. The van der Waals surface area contributed by atoms with Gasteiger partial charge in [0.2, 0.25) is 0 Å². The van der Waals surface area contributed by atoms with Crippen LogP contribution in [0, 0.1) is 20.8 Å². The summed E-state index contributed by atoms with van der Waals surface area (Å²) in [5, 5.41) is 7.83. The van der Waals surface area contributed by atoms with Crippen molar-refractivity contribution in [3.63, 3.8) is 0 Å². The molecule has 0 aromatic carbocycles. The molecule has 1 fully saturated rings. The van der Waals surface area contributed by atoms with Gasteiger partial charge in [-0.25, -0.2) is 9.97 Å². The monoisotopic (exact) mass is 307 g/mol. The van der Waals surface area contributed by atoms with Gasteiger partial charge in [-0.2, -0.15) is 5.10 Å². The van der Waals surface area contributed by atoms with Gasteiger partial charge in [0, 0.05) is 6.54 Å². The Kier molecular flexibility index (Phi) is 3.73. The number of nitrogens with zero attached hydrogens (tertiary/aromatic N) is 4. The lowest BCUT2D eigenvalue weighted by Crippen LogP contribution is -2.42. The van der Waals surface area contributed by atoms with Crippen molar-refractivity contribution >= 4 is 17.2 Å². The molecule has 1 aliphatic heterocycles. The number of thiazole rings is 1. The Balaban J connectivity index is 1.77. The molecule has 1 saturated heterocycles. The number of H-pyrrole nitrogens is 1. The number of aromatic nitrogens is 4. The molecule has 3 heterocycles. The van der Waals surface area contributed by atoms with Crippen LogP contribution in [-0.4, -0.2) is 50.7 Å². The summed E-state index contributed by atoms with van der Waals surface area (Å²) in [7, 11) is 0. The van der Waals surface area contributed by atoms with Crippen molar-refractivity contribution < 1.29 is 9.53 Å². The predicted molar refractivity (Wildman–Crippen MR) is 77.3 cm³/mol. The molecule has 1 atom stereocenters. The van der Waals surface area contributed by atoms with Crippen LogP contribution in [-0.2, 0) is 4.74 Å². The largest absolute Gasteiger partial charge is 0.366 e. The molecule has 0 spiro atoms. The molecule has 2 aromatic heterocycles. The van der Waals surface area contributed by atoms with Gasteiger partial charge in [-0.15, -0.1) is 11.3 Å². The first-order chi connectivity index (χ1) is 10.0. The lowest BCUT2D eigenvalue weighted by molar-refractivity contribution is -0.0265. The smallest absolute Gasteiger partial charge is 0.266 e. The van der Waals surface area contributed by atoms with Crippen molar-refractivity contribution in [3.05, 3.63) is 27.2 Å². The van der Waals surface area contributed by atoms with E-state index in [1.54, 1.807) is 4.90 Å². The molecule has 0 bridgehead atoms. The predicted octanol–water partition coefficient (Wildman–Crippen LogP) is 1.40. The standard InChI is InChI=1S/C13H17N5O2S/c1-7-11(21-9(3)14-7)13(19)18-4-5-20-10(6-18)12-15-8(2)16-17-12/h10H,4-6H2,1-3H3,(H,15,16,17)/t10-/m0/s1. The summed E-state index contributed by atoms with van der Waals surface area (Å²) >= 11 is 1.44. The number of aryl methyl sites for hydroxylation is 3. The number of amides is 1. The molecule has 21 heavy (non-hydrogen) atoms. The molecule has 7 nitrogen and oxygen atoms in total. The first-order valence-electron chi connectivity index (χ1n) is 6.78. The van der Waals surface area contributed by atoms with Crippen LogP contribution < -0.4 is 0 Å². The molecule has 2 aromatic rings. The molecule has 1 aliphatic rings. The summed E-state index contributed by atoms with van der Waals surface area (Å²) < 4.78 is 5.68. The quantitative estimate of drug-likeness (QED) is 0.906. The first kappa shape index (κ1) is 14.2. The van der Waals surface area contributed by atoms with E-state index in [2.05, 4.69) is 20.2 Å². The molecule has 3 rings (SSSR count). The molecule has 0 saturated carbocycles. The highest BCUT2D eigenvalue weighted by molar-refractivity contribution is 7.13. The summed E-state index contributed by atoms with van der Waals surface area (Å²) in [6.07, 6.45) is -0.276. The van der Waals surface area contributed by atoms with Gasteiger partial charge >= 0.3 is 0 Å². The van der Waals surface area contributed by atoms with E-state index in [0.29, 0.717) is 30.4 Å². The van der Waals surface area contributed by atoms with Crippen molar-refractivity contribution in [2.24, 2.45) is 0 Å². The van der Waals surface area contributed by atoms with E-state index in [9.17, 15) is 4.79 Å². The van der Waals surface area contributed by atoms with Crippen LogP contribution in [0.3, 0.4) is 0 Å². The van der Waals surface area contributed by atoms with E-state index in [1.807, 2.05) is 20.8 Å². The Bertz CT molecular complexity index is 665. The van der Waals surface area contributed by atoms with Crippen LogP contribution in [0.25, 0.3) is 0 Å². The Morgan fingerprint density at radius 2 is 2.19 bits per heavy atom. The van der Waals surface area contributed by atoms with E-state index in [0.717, 1.165) is 16.5 Å². The molecule has 1 amide bonds. The highest BCUT2D eigenvalue weighted by atomic mass is 32.1. The number of hydrogen-bond acceptors (Lipinski definition) is 6. The average molecular weight is 307 g/mol. The summed E-state index contributed by atoms with van der Waals surface area (Å²) in [5.74, 6) is 1.35. The number of aromatic amines is 1. The summed E-state index contributed by atoms with van der Waals surface area (Å²) in [6, 6.07) is 0. The highest BCUT2D eigenvalue weighted by Gasteiger charge is 2.30. The van der Waals surface area contributed by atoms with Crippen molar-refractivity contribution in [1.82, 2.24) is 25.1 Å². The normalized spacial score (nSPS) is 19.0. The van der Waals surface area contributed by atoms with Crippen LogP contribution in [0.1, 0.15) is 38.1 Å². The Labute approximate surface area is 126 Å². The molecule has 8 heteroatoms. The van der Waals surface area contributed by atoms with Gasteiger partial charge in [0.1, 0.15) is 16.8 Å². The van der Waals surface area contributed by atoms with Gasteiger partial charge in [0.25, 0.3) is 5.91 Å². The zero-order valence-corrected chi connectivity index (χ0v) is 13.0. The summed E-state index contributed by atoms with van der Waals surface area (Å²) in [6.45, 7) is 7.15. The lowest BCUT2D eigenvalue weighted by atomic mass is 10.2. The Morgan fingerprint density at radius 3 is 2.81 bits per heavy atom. The van der Waals surface area contributed by atoms with Gasteiger partial charge in [-0.1, -0.05) is 0 Å². The second-order valence-electron chi connectivity index (χ2n) is 5.04. The zero-order valence-electron chi connectivity index (χ0n) is 12.2. The number of carbonyl (C=O) groups is 1. The third-order valence-corrected chi connectivity index (χ3v) is 4.41. The maximum absolute atomic E-state index is 12.6. The van der Waals surface area contributed by atoms with E-state index < -0.39 is 0 Å². The second-order valence-corrected chi connectivity index (χ2v) is 6.24. The maximum atomic E-state index is 12.6. The van der Waals surface area contributed by atoms with Crippen molar-refractivity contribution in [2.45, 2.75) is 26.9 Å². The van der Waals surface area contributed by atoms with E-state index in [1.165, 1.54) is 11.3 Å². The Morgan fingerprint density at radius 1 is 1.38 bits per heavy atom. The van der Waals surface area contributed by atoms with Gasteiger partial charge in [-0.3, -0.25) is 9.89 Å². The fourth-order valence-corrected chi connectivity index (χ4v) is 3.26. The van der Waals surface area contributed by atoms with E-state index >= 15 is 0 Å². The number of morpholine rings is 1. The molecular weight excluding hydrogens is 290 g/mol. The Hall–Kier alpha value is -1.80. The van der Waals surface area contributed by atoms with Gasteiger partial charge in [0.05, 0.1) is 23.9 Å². The number of nitrogens with one attached hydrogen (secondary N) is 1. The van der Waals surface area contributed by atoms with Crippen LogP contribution in [0.4, 0.5) is 0 Å². The average Bonchev–Trinajstić information content (AvgIpc) is 3.04. The van der Waals surface area contributed by atoms with Crippen LogP contribution in [0.15, 0.2) is 0 Å². The zero-order chi connectivity index (χ0) is 15.0. The molecule has 112 valence electrons. The fraction of sp³-hybridized carbons (Fsp3) is 0.538. The van der Waals surface area contributed by atoms with E-state index in [4.69, 9.17) is 4.74 Å². The van der Waals surface area contributed by atoms with Crippen LogP contribution in [0.5, 0.6) is 0 Å². The summed E-state index contributed by atoms with van der Waals surface area (Å²) in [5.41, 5.74) is 0.791. The minimum atomic E-state index is -0.276. The topological polar surface area (TPSA) is 84.0 Å². The molecular formula is C13H17N5O2S. The number of rotatable bonds is 2. The third kappa shape index (κ3) is 2.81. The van der Waals surface area contributed by atoms with Gasteiger partial charge in [-0.05, 0) is 20.8 Å². The fourth-order valence-electron chi connectivity index (χ4n) is 2.37. The molecule has 0 radical (unpaired) electrons. The maximum Gasteiger partial charge on any atom is 0.266 e. The first-order valence-corrected chi connectivity index (χ1v) is 7.60. The van der Waals surface area contributed by atoms with Crippen molar-refractivity contribution in [3.8, 4) is 0 Å². The third-order valence-electron chi connectivity index (χ3n) is 3.35. The van der Waals surface area contributed by atoms with Crippen LogP contribution >= 0.6 is 11.3 Å². The minimum absolute atomic E-state index is 0.0126. The number of ether oxygens (including phenoxy) is 1. The van der Waals surface area contributed by atoms with Crippen LogP contribution in [0.2, 0.25) is 0 Å². The minimum Gasteiger partial charge on any atom is -0.366 e. The highest BCUT2D eigenvalue weighted by Crippen LogP contribution is 2.24. The lowest BCUT2D eigenvalue weighted by Gasteiger charge is -2.31. The molecule has 0 unspecified atom stereocenters.